The monoisotopic (exact) mass is 380 g/mol. The van der Waals surface area contributed by atoms with Gasteiger partial charge in [0.05, 0.1) is 23.5 Å². The van der Waals surface area contributed by atoms with Crippen molar-refractivity contribution in [1.82, 2.24) is 9.88 Å². The normalized spacial score (nSPS) is 14.5. The first kappa shape index (κ1) is 19.3. The van der Waals surface area contributed by atoms with Gasteiger partial charge in [-0.25, -0.2) is 4.79 Å². The lowest BCUT2D eigenvalue weighted by atomic mass is 9.93. The van der Waals surface area contributed by atoms with E-state index in [1.165, 1.54) is 11.5 Å². The Morgan fingerprint density at radius 2 is 1.89 bits per heavy atom. The van der Waals surface area contributed by atoms with Gasteiger partial charge in [-0.1, -0.05) is 18.2 Å². The van der Waals surface area contributed by atoms with E-state index in [1.54, 1.807) is 30.3 Å². The summed E-state index contributed by atoms with van der Waals surface area (Å²) >= 11 is 0. The molecule has 0 saturated carbocycles. The summed E-state index contributed by atoms with van der Waals surface area (Å²) in [5.74, 6) is -0.919. The number of urea groups is 1. The van der Waals surface area contributed by atoms with Crippen LogP contribution in [-0.2, 0) is 17.8 Å². The van der Waals surface area contributed by atoms with E-state index in [-0.39, 0.29) is 23.9 Å². The van der Waals surface area contributed by atoms with Crippen molar-refractivity contribution in [2.24, 2.45) is 0 Å². The summed E-state index contributed by atoms with van der Waals surface area (Å²) in [6.07, 6.45) is 0.421. The number of hydrogen-bond acceptors (Lipinski definition) is 5. The Kier molecular flexibility index (Phi) is 5.03. The Bertz CT molecular complexity index is 999. The van der Waals surface area contributed by atoms with Gasteiger partial charge in [0.1, 0.15) is 11.9 Å². The highest BCUT2D eigenvalue weighted by atomic mass is 16.5. The largest absolute Gasteiger partial charge is 0.369 e. The molecule has 0 bridgehead atoms. The molecule has 1 aromatic heterocycles. The number of nitriles is 1. The maximum Gasteiger partial charge on any atom is 0.327 e. The number of carbonyl (C=O) groups is 3. The van der Waals surface area contributed by atoms with Gasteiger partial charge in [0.25, 0.3) is 5.91 Å². The van der Waals surface area contributed by atoms with E-state index >= 15 is 0 Å². The fourth-order valence-electron chi connectivity index (χ4n) is 3.24. The number of rotatable bonds is 2. The highest BCUT2D eigenvalue weighted by Gasteiger charge is 2.35. The fraction of sp³-hybridized carbons (Fsp3) is 0.300. The van der Waals surface area contributed by atoms with Crippen molar-refractivity contribution in [3.05, 3.63) is 52.7 Å². The summed E-state index contributed by atoms with van der Waals surface area (Å²) in [7, 11) is 0. The maximum absolute atomic E-state index is 12.4. The van der Waals surface area contributed by atoms with E-state index in [2.05, 4.69) is 16.7 Å². The predicted molar refractivity (Wildman–Crippen MR) is 101 cm³/mol. The minimum absolute atomic E-state index is 0.0414. The third-order valence-corrected chi connectivity index (χ3v) is 4.50. The quantitative estimate of drug-likeness (QED) is 0.832. The lowest BCUT2D eigenvalue weighted by Gasteiger charge is -2.30. The summed E-state index contributed by atoms with van der Waals surface area (Å²) in [6.45, 7) is 5.25. The summed E-state index contributed by atoms with van der Waals surface area (Å²) in [4.78, 5) is 36.8. The van der Waals surface area contributed by atoms with Crippen LogP contribution in [0.15, 0.2) is 30.3 Å². The molecule has 2 N–H and O–H groups in total. The molecule has 28 heavy (non-hydrogen) atoms. The minimum atomic E-state index is -0.831. The van der Waals surface area contributed by atoms with Crippen LogP contribution in [0.4, 0.5) is 10.6 Å². The van der Waals surface area contributed by atoms with Crippen LogP contribution in [0, 0.1) is 11.3 Å². The van der Waals surface area contributed by atoms with E-state index in [0.717, 1.165) is 0 Å². The molecule has 1 aromatic carbocycles. The second-order valence-corrected chi connectivity index (χ2v) is 7.11. The second kappa shape index (κ2) is 7.29. The molecular formula is C20H20N4O4. The van der Waals surface area contributed by atoms with E-state index in [4.69, 9.17) is 4.74 Å². The van der Waals surface area contributed by atoms with Gasteiger partial charge in [0, 0.05) is 18.9 Å². The molecule has 3 amide bonds. The molecule has 144 valence electrons. The molecule has 0 atom stereocenters. The summed E-state index contributed by atoms with van der Waals surface area (Å²) in [5.41, 5.74) is 1.22. The first-order valence-corrected chi connectivity index (χ1v) is 8.72. The van der Waals surface area contributed by atoms with Crippen LogP contribution in [0.3, 0.4) is 0 Å². The van der Waals surface area contributed by atoms with Gasteiger partial charge in [0.2, 0.25) is 5.91 Å². The molecule has 1 aliphatic rings. The van der Waals surface area contributed by atoms with Gasteiger partial charge in [-0.2, -0.15) is 5.26 Å². The zero-order chi connectivity index (χ0) is 20.5. The average Bonchev–Trinajstić information content (AvgIpc) is 2.93. The third-order valence-electron chi connectivity index (χ3n) is 4.50. The van der Waals surface area contributed by atoms with Crippen LogP contribution in [0.25, 0.3) is 0 Å². The number of anilines is 1. The SMILES string of the molecule is CC(=O)n1c2c(c(C#N)c1NC(=O)NC(=O)c1ccccc1)CC(C)(C)OC2. The number of carbonyl (C=O) groups excluding carboxylic acids is 3. The van der Waals surface area contributed by atoms with E-state index in [9.17, 15) is 19.6 Å². The molecule has 0 aliphatic carbocycles. The zero-order valence-electron chi connectivity index (χ0n) is 15.8. The molecule has 8 nitrogen and oxygen atoms in total. The number of ether oxygens (including phenoxy) is 1. The van der Waals surface area contributed by atoms with Crippen molar-refractivity contribution >= 4 is 23.7 Å². The van der Waals surface area contributed by atoms with Crippen molar-refractivity contribution in [3.63, 3.8) is 0 Å². The smallest absolute Gasteiger partial charge is 0.327 e. The topological polar surface area (TPSA) is 113 Å². The molecule has 0 spiro atoms. The van der Waals surface area contributed by atoms with Gasteiger partial charge >= 0.3 is 6.03 Å². The van der Waals surface area contributed by atoms with E-state index in [1.807, 2.05) is 13.8 Å². The number of benzene rings is 1. The minimum Gasteiger partial charge on any atom is -0.369 e. The van der Waals surface area contributed by atoms with Crippen molar-refractivity contribution < 1.29 is 19.1 Å². The number of amides is 3. The van der Waals surface area contributed by atoms with Crippen molar-refractivity contribution in [2.75, 3.05) is 5.32 Å². The zero-order valence-corrected chi connectivity index (χ0v) is 15.8. The Morgan fingerprint density at radius 1 is 1.21 bits per heavy atom. The number of aromatic nitrogens is 1. The number of nitrogens with zero attached hydrogens (tertiary/aromatic N) is 2. The van der Waals surface area contributed by atoms with Gasteiger partial charge in [0.15, 0.2) is 0 Å². The molecule has 2 aromatic rings. The summed E-state index contributed by atoms with van der Waals surface area (Å²) < 4.78 is 7.02. The summed E-state index contributed by atoms with van der Waals surface area (Å²) in [6, 6.07) is 9.49. The van der Waals surface area contributed by atoms with E-state index < -0.39 is 17.5 Å². The van der Waals surface area contributed by atoms with Crippen molar-refractivity contribution in [2.45, 2.75) is 39.4 Å². The molecule has 1 aliphatic heterocycles. The molecule has 0 saturated heterocycles. The highest BCUT2D eigenvalue weighted by Crippen LogP contribution is 2.36. The lowest BCUT2D eigenvalue weighted by Crippen LogP contribution is -2.35. The molecule has 0 unspecified atom stereocenters. The van der Waals surface area contributed by atoms with Crippen LogP contribution in [0.1, 0.15) is 52.7 Å². The molecule has 8 heteroatoms. The van der Waals surface area contributed by atoms with Crippen LogP contribution < -0.4 is 10.6 Å². The number of nitrogens with one attached hydrogen (secondary N) is 2. The first-order valence-electron chi connectivity index (χ1n) is 8.72. The van der Waals surface area contributed by atoms with Crippen LogP contribution in [0.2, 0.25) is 0 Å². The van der Waals surface area contributed by atoms with Crippen LogP contribution >= 0.6 is 0 Å². The predicted octanol–water partition coefficient (Wildman–Crippen LogP) is 2.83. The van der Waals surface area contributed by atoms with Gasteiger partial charge in [-0.3, -0.25) is 24.8 Å². The number of hydrogen-bond donors (Lipinski definition) is 2. The molecule has 0 fully saturated rings. The summed E-state index contributed by atoms with van der Waals surface area (Å²) in [5, 5.41) is 14.4. The van der Waals surface area contributed by atoms with Gasteiger partial charge in [-0.05, 0) is 31.5 Å². The molecule has 2 heterocycles. The van der Waals surface area contributed by atoms with Crippen LogP contribution in [0.5, 0.6) is 0 Å². The highest BCUT2D eigenvalue weighted by molar-refractivity contribution is 6.08. The number of fused-ring (bicyclic) bond motifs is 1. The maximum atomic E-state index is 12.4. The Morgan fingerprint density at radius 3 is 2.50 bits per heavy atom. The molecule has 0 radical (unpaired) electrons. The Labute approximate surface area is 162 Å². The Hall–Kier alpha value is -3.44. The van der Waals surface area contributed by atoms with Gasteiger partial charge in [-0.15, -0.1) is 0 Å². The first-order chi connectivity index (χ1) is 13.2. The fourth-order valence-corrected chi connectivity index (χ4v) is 3.24. The third kappa shape index (κ3) is 3.66. The van der Waals surface area contributed by atoms with Crippen molar-refractivity contribution in [3.8, 4) is 6.07 Å². The second-order valence-electron chi connectivity index (χ2n) is 7.11. The molecule has 3 rings (SSSR count). The molecular weight excluding hydrogens is 360 g/mol. The lowest BCUT2D eigenvalue weighted by molar-refractivity contribution is -0.0425. The van der Waals surface area contributed by atoms with Crippen molar-refractivity contribution in [1.29, 1.82) is 5.26 Å². The van der Waals surface area contributed by atoms with E-state index in [0.29, 0.717) is 23.2 Å². The average molecular weight is 380 g/mol. The van der Waals surface area contributed by atoms with Crippen LogP contribution in [-0.4, -0.2) is 28.0 Å². The standard InChI is InChI=1S/C20H20N4O4/c1-12(25)24-16-11-28-20(2,3)9-14(16)15(10-21)17(24)22-19(27)23-18(26)13-7-5-4-6-8-13/h4-8H,9,11H2,1-3H3,(H2,22,23,26,27). The van der Waals surface area contributed by atoms with Gasteiger partial charge < -0.3 is 4.74 Å². The number of imide groups is 1. The Balaban J connectivity index is 1.92.